The Labute approximate surface area is 77.5 Å². The van der Waals surface area contributed by atoms with Crippen LogP contribution in [-0.2, 0) is 4.74 Å². The molecular weight excluding hydrogens is 164 g/mol. The molecule has 2 heterocycles. The SMILES string of the molecule is Cc1cnc(C2=CCCCO2)nc1. The Morgan fingerprint density at radius 3 is 2.69 bits per heavy atom. The molecule has 68 valence electrons. The molecule has 0 aromatic carbocycles. The fraction of sp³-hybridized carbons (Fsp3) is 0.400. The predicted octanol–water partition coefficient (Wildman–Crippen LogP) is 1.94. The van der Waals surface area contributed by atoms with Crippen molar-refractivity contribution in [2.24, 2.45) is 0 Å². The molecule has 0 saturated carbocycles. The summed E-state index contributed by atoms with van der Waals surface area (Å²) < 4.78 is 5.44. The average molecular weight is 176 g/mol. The topological polar surface area (TPSA) is 35.0 Å². The fourth-order valence-electron chi connectivity index (χ4n) is 1.23. The zero-order chi connectivity index (χ0) is 9.10. The Hall–Kier alpha value is -1.38. The molecule has 13 heavy (non-hydrogen) atoms. The number of aromatic nitrogens is 2. The highest BCUT2D eigenvalue weighted by Gasteiger charge is 2.08. The average Bonchev–Trinajstić information content (AvgIpc) is 2.20. The molecule has 0 unspecified atom stereocenters. The molecule has 3 nitrogen and oxygen atoms in total. The number of nitrogens with zero attached hydrogens (tertiary/aromatic N) is 2. The van der Waals surface area contributed by atoms with Gasteiger partial charge in [-0.15, -0.1) is 0 Å². The van der Waals surface area contributed by atoms with Crippen LogP contribution in [-0.4, -0.2) is 16.6 Å². The smallest absolute Gasteiger partial charge is 0.194 e. The molecule has 0 fully saturated rings. The minimum atomic E-state index is 0.699. The predicted molar refractivity (Wildman–Crippen MR) is 49.9 cm³/mol. The van der Waals surface area contributed by atoms with Gasteiger partial charge >= 0.3 is 0 Å². The van der Waals surface area contributed by atoms with Crippen LogP contribution in [0.25, 0.3) is 5.76 Å². The molecule has 0 amide bonds. The van der Waals surface area contributed by atoms with Gasteiger partial charge < -0.3 is 4.74 Å². The monoisotopic (exact) mass is 176 g/mol. The van der Waals surface area contributed by atoms with E-state index in [1.165, 1.54) is 0 Å². The van der Waals surface area contributed by atoms with E-state index < -0.39 is 0 Å². The van der Waals surface area contributed by atoms with Crippen molar-refractivity contribution in [1.82, 2.24) is 9.97 Å². The van der Waals surface area contributed by atoms with Gasteiger partial charge in [0.15, 0.2) is 11.6 Å². The van der Waals surface area contributed by atoms with E-state index in [9.17, 15) is 0 Å². The van der Waals surface area contributed by atoms with Gasteiger partial charge in [0.05, 0.1) is 6.61 Å². The van der Waals surface area contributed by atoms with E-state index in [0.717, 1.165) is 30.8 Å². The molecule has 1 aliphatic heterocycles. The third-order valence-electron chi connectivity index (χ3n) is 1.94. The third-order valence-corrected chi connectivity index (χ3v) is 1.94. The van der Waals surface area contributed by atoms with Crippen LogP contribution in [0.2, 0.25) is 0 Å². The Morgan fingerprint density at radius 1 is 1.31 bits per heavy atom. The van der Waals surface area contributed by atoms with E-state index in [0.29, 0.717) is 5.82 Å². The number of aryl methyl sites for hydroxylation is 1. The fourth-order valence-corrected chi connectivity index (χ4v) is 1.23. The first-order chi connectivity index (χ1) is 6.36. The van der Waals surface area contributed by atoms with Gasteiger partial charge in [0.25, 0.3) is 0 Å². The van der Waals surface area contributed by atoms with Crippen molar-refractivity contribution in [1.29, 1.82) is 0 Å². The maximum absolute atomic E-state index is 5.44. The van der Waals surface area contributed by atoms with Crippen LogP contribution in [0.15, 0.2) is 18.5 Å². The van der Waals surface area contributed by atoms with Gasteiger partial charge in [-0.05, 0) is 31.4 Å². The van der Waals surface area contributed by atoms with Crippen molar-refractivity contribution >= 4 is 5.76 Å². The summed E-state index contributed by atoms with van der Waals surface area (Å²) in [6.45, 7) is 2.75. The van der Waals surface area contributed by atoms with Crippen molar-refractivity contribution in [3.05, 3.63) is 29.9 Å². The number of hydrogen-bond donors (Lipinski definition) is 0. The van der Waals surface area contributed by atoms with Gasteiger partial charge in [-0.1, -0.05) is 0 Å². The molecule has 0 bridgehead atoms. The molecular formula is C10H12N2O. The number of rotatable bonds is 1. The Balaban J connectivity index is 2.24. The quantitative estimate of drug-likeness (QED) is 0.655. The van der Waals surface area contributed by atoms with Gasteiger partial charge in [0, 0.05) is 12.4 Å². The van der Waals surface area contributed by atoms with Gasteiger partial charge in [0.1, 0.15) is 0 Å². The first-order valence-electron chi connectivity index (χ1n) is 4.48. The lowest BCUT2D eigenvalue weighted by Crippen LogP contribution is -2.03. The highest BCUT2D eigenvalue weighted by atomic mass is 16.5. The van der Waals surface area contributed by atoms with Crippen molar-refractivity contribution in [3.8, 4) is 0 Å². The van der Waals surface area contributed by atoms with Crippen molar-refractivity contribution in [2.45, 2.75) is 19.8 Å². The number of allylic oxidation sites excluding steroid dienone is 1. The molecule has 0 N–H and O–H groups in total. The summed E-state index contributed by atoms with van der Waals surface area (Å²) in [4.78, 5) is 8.40. The second-order valence-electron chi connectivity index (χ2n) is 3.14. The van der Waals surface area contributed by atoms with Crippen LogP contribution in [0.4, 0.5) is 0 Å². The molecule has 1 aromatic heterocycles. The molecule has 2 rings (SSSR count). The van der Waals surface area contributed by atoms with Gasteiger partial charge in [-0.2, -0.15) is 0 Å². The Bertz CT molecular complexity index is 316. The molecule has 3 heteroatoms. The summed E-state index contributed by atoms with van der Waals surface area (Å²) in [7, 11) is 0. The maximum Gasteiger partial charge on any atom is 0.194 e. The molecule has 1 aliphatic rings. The van der Waals surface area contributed by atoms with E-state index in [2.05, 4.69) is 9.97 Å². The zero-order valence-electron chi connectivity index (χ0n) is 7.66. The molecule has 0 radical (unpaired) electrons. The van der Waals surface area contributed by atoms with E-state index in [1.807, 2.05) is 13.0 Å². The first-order valence-corrected chi connectivity index (χ1v) is 4.48. The molecule has 0 aliphatic carbocycles. The zero-order valence-corrected chi connectivity index (χ0v) is 7.66. The van der Waals surface area contributed by atoms with Crippen LogP contribution < -0.4 is 0 Å². The normalized spacial score (nSPS) is 16.2. The summed E-state index contributed by atoms with van der Waals surface area (Å²) in [6.07, 6.45) is 7.82. The second-order valence-corrected chi connectivity index (χ2v) is 3.14. The van der Waals surface area contributed by atoms with Gasteiger partial charge in [0.2, 0.25) is 0 Å². The van der Waals surface area contributed by atoms with Crippen LogP contribution in [0.3, 0.4) is 0 Å². The molecule has 1 aromatic rings. The van der Waals surface area contributed by atoms with E-state index in [4.69, 9.17) is 4.74 Å². The van der Waals surface area contributed by atoms with E-state index in [-0.39, 0.29) is 0 Å². The lowest BCUT2D eigenvalue weighted by atomic mass is 10.2. The van der Waals surface area contributed by atoms with Crippen LogP contribution in [0.5, 0.6) is 0 Å². The van der Waals surface area contributed by atoms with Crippen LogP contribution in [0.1, 0.15) is 24.2 Å². The highest BCUT2D eigenvalue weighted by Crippen LogP contribution is 2.17. The van der Waals surface area contributed by atoms with Crippen LogP contribution >= 0.6 is 0 Å². The summed E-state index contributed by atoms with van der Waals surface area (Å²) >= 11 is 0. The minimum Gasteiger partial charge on any atom is -0.490 e. The lowest BCUT2D eigenvalue weighted by Gasteiger charge is -2.13. The number of hydrogen-bond acceptors (Lipinski definition) is 3. The third kappa shape index (κ3) is 1.86. The summed E-state index contributed by atoms with van der Waals surface area (Å²) in [6, 6.07) is 0. The maximum atomic E-state index is 5.44. The van der Waals surface area contributed by atoms with E-state index >= 15 is 0 Å². The van der Waals surface area contributed by atoms with Gasteiger partial charge in [-0.3, -0.25) is 0 Å². The molecule has 0 saturated heterocycles. The summed E-state index contributed by atoms with van der Waals surface area (Å²) in [5, 5.41) is 0. The van der Waals surface area contributed by atoms with Crippen molar-refractivity contribution < 1.29 is 4.74 Å². The minimum absolute atomic E-state index is 0.699. The lowest BCUT2D eigenvalue weighted by molar-refractivity contribution is 0.256. The second kappa shape index (κ2) is 3.56. The summed E-state index contributed by atoms with van der Waals surface area (Å²) in [5.41, 5.74) is 1.07. The largest absolute Gasteiger partial charge is 0.490 e. The van der Waals surface area contributed by atoms with Gasteiger partial charge in [-0.25, -0.2) is 9.97 Å². The standard InChI is InChI=1S/C10H12N2O/c1-8-6-11-10(12-7-8)9-4-2-3-5-13-9/h4,6-7H,2-3,5H2,1H3. The van der Waals surface area contributed by atoms with Crippen molar-refractivity contribution in [2.75, 3.05) is 6.61 Å². The Morgan fingerprint density at radius 2 is 2.08 bits per heavy atom. The molecule has 0 atom stereocenters. The Kier molecular flexibility index (Phi) is 2.25. The number of ether oxygens (including phenoxy) is 1. The summed E-state index contributed by atoms with van der Waals surface area (Å²) in [5.74, 6) is 1.52. The van der Waals surface area contributed by atoms with Crippen LogP contribution in [0, 0.1) is 6.92 Å². The van der Waals surface area contributed by atoms with E-state index in [1.54, 1.807) is 12.4 Å². The highest BCUT2D eigenvalue weighted by molar-refractivity contribution is 5.52. The first kappa shape index (κ1) is 8.23. The molecule has 0 spiro atoms. The van der Waals surface area contributed by atoms with Crippen molar-refractivity contribution in [3.63, 3.8) is 0 Å².